The number of sulfonamides is 1. The molecule has 2 aromatic carbocycles. The Morgan fingerprint density at radius 2 is 1.58 bits per heavy atom. The van der Waals surface area contributed by atoms with Crippen molar-refractivity contribution < 1.29 is 22.7 Å². The van der Waals surface area contributed by atoms with E-state index in [-0.39, 0.29) is 29.8 Å². The van der Waals surface area contributed by atoms with Crippen LogP contribution in [0, 0.1) is 0 Å². The fourth-order valence-corrected chi connectivity index (χ4v) is 5.40. The van der Waals surface area contributed by atoms with Gasteiger partial charge in [-0.1, -0.05) is 6.07 Å². The number of rotatable bonds is 5. The Labute approximate surface area is 194 Å². The molecule has 2 aliphatic rings. The lowest BCUT2D eigenvalue weighted by atomic mass is 10.2. The van der Waals surface area contributed by atoms with Crippen LogP contribution < -0.4 is 10.2 Å². The first-order valence-corrected chi connectivity index (χ1v) is 12.4. The van der Waals surface area contributed by atoms with Gasteiger partial charge in [0.25, 0.3) is 5.91 Å². The number of nitrogens with one attached hydrogen (secondary N) is 1. The number of ether oxygens (including phenoxy) is 1. The molecule has 176 valence electrons. The van der Waals surface area contributed by atoms with Gasteiger partial charge >= 0.3 is 0 Å². The Bertz CT molecular complexity index is 1110. The van der Waals surface area contributed by atoms with Gasteiger partial charge in [-0.15, -0.1) is 0 Å². The minimum absolute atomic E-state index is 0.0575. The van der Waals surface area contributed by atoms with Gasteiger partial charge in [0.05, 0.1) is 18.1 Å². The van der Waals surface area contributed by atoms with E-state index in [0.717, 1.165) is 18.8 Å². The van der Waals surface area contributed by atoms with E-state index < -0.39 is 10.0 Å². The van der Waals surface area contributed by atoms with Crippen LogP contribution in [0.25, 0.3) is 0 Å². The van der Waals surface area contributed by atoms with E-state index in [0.29, 0.717) is 37.6 Å². The highest BCUT2D eigenvalue weighted by molar-refractivity contribution is 7.89. The van der Waals surface area contributed by atoms with Crippen molar-refractivity contribution in [3.8, 4) is 0 Å². The summed E-state index contributed by atoms with van der Waals surface area (Å²) in [6.45, 7) is 5.70. The summed E-state index contributed by atoms with van der Waals surface area (Å²) in [5.74, 6) is -0.369. The van der Waals surface area contributed by atoms with E-state index in [4.69, 9.17) is 4.74 Å². The smallest absolute Gasteiger partial charge is 0.255 e. The topological polar surface area (TPSA) is 99.3 Å². The minimum Gasteiger partial charge on any atom is -0.378 e. The van der Waals surface area contributed by atoms with Gasteiger partial charge in [0.1, 0.15) is 0 Å². The zero-order valence-corrected chi connectivity index (χ0v) is 19.4. The summed E-state index contributed by atoms with van der Waals surface area (Å²) >= 11 is 0. The molecule has 33 heavy (non-hydrogen) atoms. The Hall–Kier alpha value is -2.95. The molecular formula is C23H28N4O5S. The van der Waals surface area contributed by atoms with Gasteiger partial charge in [-0.2, -0.15) is 4.31 Å². The molecule has 0 aromatic heterocycles. The van der Waals surface area contributed by atoms with Gasteiger partial charge in [0.15, 0.2) is 0 Å². The van der Waals surface area contributed by atoms with Crippen LogP contribution in [-0.2, 0) is 19.6 Å². The highest BCUT2D eigenvalue weighted by Crippen LogP contribution is 2.22. The normalized spacial score (nSPS) is 17.6. The average Bonchev–Trinajstić information content (AvgIpc) is 2.85. The molecule has 2 saturated heterocycles. The molecule has 0 atom stereocenters. The first-order valence-electron chi connectivity index (χ1n) is 10.9. The molecule has 2 heterocycles. The second-order valence-corrected chi connectivity index (χ2v) is 9.98. The first-order chi connectivity index (χ1) is 15.8. The van der Waals surface area contributed by atoms with Gasteiger partial charge in [-0.05, 0) is 42.5 Å². The van der Waals surface area contributed by atoms with E-state index in [1.165, 1.54) is 35.5 Å². The molecule has 4 rings (SSSR count). The minimum atomic E-state index is -3.68. The molecular weight excluding hydrogens is 444 g/mol. The highest BCUT2D eigenvalue weighted by Gasteiger charge is 2.29. The Kier molecular flexibility index (Phi) is 6.96. The molecule has 2 aliphatic heterocycles. The molecule has 9 nitrogen and oxygen atoms in total. The van der Waals surface area contributed by atoms with Gasteiger partial charge < -0.3 is 19.9 Å². The van der Waals surface area contributed by atoms with E-state index in [9.17, 15) is 18.0 Å². The molecule has 0 bridgehead atoms. The maximum absolute atomic E-state index is 12.9. The molecule has 2 aromatic rings. The fraction of sp³-hybridized carbons (Fsp3) is 0.391. The third-order valence-corrected chi connectivity index (χ3v) is 7.83. The van der Waals surface area contributed by atoms with Crippen molar-refractivity contribution in [3.05, 3.63) is 54.1 Å². The van der Waals surface area contributed by atoms with Crippen LogP contribution in [0.5, 0.6) is 0 Å². The van der Waals surface area contributed by atoms with E-state index in [1.807, 2.05) is 24.3 Å². The number of piperazine rings is 1. The molecule has 0 saturated carbocycles. The molecule has 2 fully saturated rings. The van der Waals surface area contributed by atoms with Crippen molar-refractivity contribution in [2.45, 2.75) is 11.8 Å². The lowest BCUT2D eigenvalue weighted by molar-refractivity contribution is -0.129. The Morgan fingerprint density at radius 1 is 0.909 bits per heavy atom. The van der Waals surface area contributed by atoms with Crippen LogP contribution in [0.2, 0.25) is 0 Å². The predicted molar refractivity (Wildman–Crippen MR) is 125 cm³/mol. The van der Waals surface area contributed by atoms with Gasteiger partial charge in [0, 0.05) is 63.1 Å². The highest BCUT2D eigenvalue weighted by atomic mass is 32.2. The van der Waals surface area contributed by atoms with Gasteiger partial charge in [-0.25, -0.2) is 8.42 Å². The van der Waals surface area contributed by atoms with Crippen LogP contribution in [0.15, 0.2) is 53.4 Å². The van der Waals surface area contributed by atoms with Crippen LogP contribution in [0.1, 0.15) is 17.3 Å². The van der Waals surface area contributed by atoms with Crippen molar-refractivity contribution in [2.75, 3.05) is 62.7 Å². The largest absolute Gasteiger partial charge is 0.378 e. The molecule has 1 N–H and O–H groups in total. The summed E-state index contributed by atoms with van der Waals surface area (Å²) in [6, 6.07) is 13.6. The Balaban J connectivity index is 1.41. The quantitative estimate of drug-likeness (QED) is 0.710. The van der Waals surface area contributed by atoms with E-state index in [1.54, 1.807) is 4.90 Å². The summed E-state index contributed by atoms with van der Waals surface area (Å²) in [5.41, 5.74) is 2.05. The number of carbonyl (C=O) groups is 2. The number of hydrogen-bond acceptors (Lipinski definition) is 6. The SMILES string of the molecule is CC(=O)N1CCN(S(=O)(=O)c2ccc(C(=O)Nc3cccc(N4CCOCC4)c3)cc2)CC1. The number of carbonyl (C=O) groups excluding carboxylic acids is 2. The summed E-state index contributed by atoms with van der Waals surface area (Å²) in [4.78, 5) is 28.2. The molecule has 0 aliphatic carbocycles. The standard InChI is InChI=1S/C23H28N4O5S/c1-18(28)25-9-11-27(12-10-25)33(30,31)22-7-5-19(6-8-22)23(29)24-20-3-2-4-21(17-20)26-13-15-32-16-14-26/h2-8,17H,9-16H2,1H3,(H,24,29). The van der Waals surface area contributed by atoms with Crippen molar-refractivity contribution in [1.29, 1.82) is 0 Å². The number of amides is 2. The molecule has 0 spiro atoms. The van der Waals surface area contributed by atoms with Crippen molar-refractivity contribution >= 4 is 33.2 Å². The van der Waals surface area contributed by atoms with Crippen LogP contribution in [0.4, 0.5) is 11.4 Å². The Morgan fingerprint density at radius 3 is 2.21 bits per heavy atom. The zero-order chi connectivity index (χ0) is 23.4. The maximum Gasteiger partial charge on any atom is 0.255 e. The number of nitrogens with zero attached hydrogens (tertiary/aromatic N) is 3. The van der Waals surface area contributed by atoms with Crippen molar-refractivity contribution in [1.82, 2.24) is 9.21 Å². The predicted octanol–water partition coefficient (Wildman–Crippen LogP) is 1.63. The van der Waals surface area contributed by atoms with E-state index in [2.05, 4.69) is 10.2 Å². The first kappa shape index (κ1) is 23.2. The van der Waals surface area contributed by atoms with Crippen LogP contribution >= 0.6 is 0 Å². The summed E-state index contributed by atoms with van der Waals surface area (Å²) in [6.07, 6.45) is 0. The average molecular weight is 473 g/mol. The number of anilines is 2. The van der Waals surface area contributed by atoms with Crippen LogP contribution in [-0.4, -0.2) is 81.9 Å². The van der Waals surface area contributed by atoms with Crippen molar-refractivity contribution in [2.24, 2.45) is 0 Å². The lowest BCUT2D eigenvalue weighted by Crippen LogP contribution is -2.49. The van der Waals surface area contributed by atoms with Crippen molar-refractivity contribution in [3.63, 3.8) is 0 Å². The molecule has 10 heteroatoms. The zero-order valence-electron chi connectivity index (χ0n) is 18.6. The number of hydrogen-bond donors (Lipinski definition) is 1. The number of morpholine rings is 1. The summed E-state index contributed by atoms with van der Waals surface area (Å²) in [7, 11) is -3.68. The van der Waals surface area contributed by atoms with E-state index >= 15 is 0 Å². The summed E-state index contributed by atoms with van der Waals surface area (Å²) < 4.78 is 32.6. The van der Waals surface area contributed by atoms with Gasteiger partial charge in [0.2, 0.25) is 15.9 Å². The maximum atomic E-state index is 12.9. The second-order valence-electron chi connectivity index (χ2n) is 8.04. The molecule has 0 radical (unpaired) electrons. The van der Waals surface area contributed by atoms with Gasteiger partial charge in [-0.3, -0.25) is 9.59 Å². The number of benzene rings is 2. The second kappa shape index (κ2) is 9.90. The fourth-order valence-electron chi connectivity index (χ4n) is 3.98. The third-order valence-electron chi connectivity index (χ3n) is 5.92. The monoisotopic (exact) mass is 472 g/mol. The third kappa shape index (κ3) is 5.35. The molecule has 2 amide bonds. The summed E-state index contributed by atoms with van der Waals surface area (Å²) in [5, 5.41) is 2.88. The lowest BCUT2D eigenvalue weighted by Gasteiger charge is -2.33. The molecule has 0 unspecified atom stereocenters. The van der Waals surface area contributed by atoms with Crippen LogP contribution in [0.3, 0.4) is 0 Å².